The van der Waals surface area contributed by atoms with E-state index in [2.05, 4.69) is 34.4 Å². The number of ether oxygens (including phenoxy) is 1. The van der Waals surface area contributed by atoms with Gasteiger partial charge in [-0.05, 0) is 39.5 Å². The van der Waals surface area contributed by atoms with Crippen LogP contribution >= 0.6 is 0 Å². The molecule has 5 nitrogen and oxygen atoms in total. The highest BCUT2D eigenvalue weighted by molar-refractivity contribution is 5.49. The number of anilines is 2. The van der Waals surface area contributed by atoms with Crippen molar-refractivity contribution in [2.45, 2.75) is 58.6 Å². The largest absolute Gasteiger partial charge is 0.374 e. The minimum absolute atomic E-state index is 0.194. The van der Waals surface area contributed by atoms with Crippen molar-refractivity contribution in [2.75, 3.05) is 23.8 Å². The summed E-state index contributed by atoms with van der Waals surface area (Å²) in [6.45, 7) is 8.43. The van der Waals surface area contributed by atoms with Crippen molar-refractivity contribution in [2.24, 2.45) is 0 Å². The third-order valence-corrected chi connectivity index (χ3v) is 3.65. The van der Waals surface area contributed by atoms with Crippen LogP contribution in [0.25, 0.3) is 0 Å². The average molecular weight is 278 g/mol. The summed E-state index contributed by atoms with van der Waals surface area (Å²) in [5.41, 5.74) is 0.194. The molecule has 1 fully saturated rings. The predicted octanol–water partition coefficient (Wildman–Crippen LogP) is 3.19. The van der Waals surface area contributed by atoms with Crippen molar-refractivity contribution in [3.63, 3.8) is 0 Å². The molecule has 0 bridgehead atoms. The minimum Gasteiger partial charge on any atom is -0.374 e. The van der Waals surface area contributed by atoms with Gasteiger partial charge in [-0.3, -0.25) is 0 Å². The lowest BCUT2D eigenvalue weighted by Crippen LogP contribution is -2.42. The molecular weight excluding hydrogens is 252 g/mol. The average Bonchev–Trinajstić information content (AvgIpc) is 2.41. The maximum Gasteiger partial charge on any atom is 0.158 e. The van der Waals surface area contributed by atoms with Crippen LogP contribution in [-0.2, 0) is 11.3 Å². The summed E-state index contributed by atoms with van der Waals surface area (Å²) in [5, 5.41) is 6.87. The molecule has 2 rings (SSSR count). The summed E-state index contributed by atoms with van der Waals surface area (Å²) in [5.74, 6) is 2.51. The monoisotopic (exact) mass is 278 g/mol. The zero-order chi connectivity index (χ0) is 14.4. The van der Waals surface area contributed by atoms with E-state index in [0.29, 0.717) is 13.2 Å². The smallest absolute Gasteiger partial charge is 0.158 e. The molecule has 1 aliphatic rings. The summed E-state index contributed by atoms with van der Waals surface area (Å²) in [4.78, 5) is 9.05. The number of rotatable bonds is 8. The Morgan fingerprint density at radius 1 is 1.25 bits per heavy atom. The number of nitrogens with one attached hydrogen (secondary N) is 2. The highest BCUT2D eigenvalue weighted by Gasteiger charge is 2.31. The highest BCUT2D eigenvalue weighted by atomic mass is 16.5. The third kappa shape index (κ3) is 4.07. The van der Waals surface area contributed by atoms with Gasteiger partial charge >= 0.3 is 0 Å². The molecule has 112 valence electrons. The molecule has 1 aromatic heterocycles. The van der Waals surface area contributed by atoms with Crippen molar-refractivity contribution in [1.82, 2.24) is 9.97 Å². The Bertz CT molecular complexity index is 406. The molecular formula is C15H26N4O. The normalized spacial score (nSPS) is 16.6. The van der Waals surface area contributed by atoms with Crippen molar-refractivity contribution in [3.05, 3.63) is 11.9 Å². The van der Waals surface area contributed by atoms with E-state index in [-0.39, 0.29) is 5.54 Å². The van der Waals surface area contributed by atoms with Gasteiger partial charge in [0.15, 0.2) is 5.82 Å². The van der Waals surface area contributed by atoms with Crippen LogP contribution in [0.15, 0.2) is 6.07 Å². The van der Waals surface area contributed by atoms with E-state index in [4.69, 9.17) is 4.74 Å². The second-order valence-corrected chi connectivity index (χ2v) is 5.66. The molecule has 0 atom stereocenters. The van der Waals surface area contributed by atoms with E-state index < -0.39 is 0 Å². The van der Waals surface area contributed by atoms with Gasteiger partial charge in [-0.25, -0.2) is 9.97 Å². The fraction of sp³-hybridized carbons (Fsp3) is 0.733. The molecule has 5 heteroatoms. The maximum atomic E-state index is 5.42. The van der Waals surface area contributed by atoms with Gasteiger partial charge in [-0.15, -0.1) is 0 Å². The van der Waals surface area contributed by atoms with Gasteiger partial charge in [0.05, 0.1) is 0 Å². The second-order valence-electron chi connectivity index (χ2n) is 5.66. The van der Waals surface area contributed by atoms with Crippen LogP contribution in [0, 0.1) is 0 Å². The molecule has 2 N–H and O–H groups in total. The highest BCUT2D eigenvalue weighted by Crippen LogP contribution is 2.34. The molecule has 0 unspecified atom stereocenters. The van der Waals surface area contributed by atoms with Gasteiger partial charge in [-0.2, -0.15) is 0 Å². The van der Waals surface area contributed by atoms with Gasteiger partial charge in [0, 0.05) is 24.8 Å². The molecule has 1 aliphatic carbocycles. The van der Waals surface area contributed by atoms with Crippen LogP contribution in [0.5, 0.6) is 0 Å². The number of hydrogen-bond acceptors (Lipinski definition) is 5. The lowest BCUT2D eigenvalue weighted by atomic mass is 9.78. The summed E-state index contributed by atoms with van der Waals surface area (Å²) in [7, 11) is 0. The van der Waals surface area contributed by atoms with Crippen LogP contribution in [0.2, 0.25) is 0 Å². The van der Waals surface area contributed by atoms with Crippen LogP contribution in [0.1, 0.15) is 52.3 Å². The van der Waals surface area contributed by atoms with Crippen molar-refractivity contribution in [1.29, 1.82) is 0 Å². The lowest BCUT2D eigenvalue weighted by molar-refractivity contribution is 0.128. The lowest BCUT2D eigenvalue weighted by Gasteiger charge is -2.39. The molecule has 0 aromatic carbocycles. The van der Waals surface area contributed by atoms with Crippen LogP contribution in [0.4, 0.5) is 11.6 Å². The van der Waals surface area contributed by atoms with E-state index in [1.807, 2.05) is 13.0 Å². The molecule has 20 heavy (non-hydrogen) atoms. The van der Waals surface area contributed by atoms with Crippen LogP contribution in [-0.4, -0.2) is 28.7 Å². The second kappa shape index (κ2) is 6.88. The fourth-order valence-corrected chi connectivity index (χ4v) is 2.30. The van der Waals surface area contributed by atoms with Gasteiger partial charge in [-0.1, -0.05) is 6.92 Å². The Labute approximate surface area is 121 Å². The first-order valence-electron chi connectivity index (χ1n) is 7.63. The zero-order valence-corrected chi connectivity index (χ0v) is 12.8. The van der Waals surface area contributed by atoms with E-state index in [1.54, 1.807) is 0 Å². The van der Waals surface area contributed by atoms with Gasteiger partial charge < -0.3 is 15.4 Å². The zero-order valence-electron chi connectivity index (χ0n) is 12.8. The van der Waals surface area contributed by atoms with Crippen molar-refractivity contribution < 1.29 is 4.74 Å². The number of nitrogens with zero attached hydrogens (tertiary/aromatic N) is 2. The topological polar surface area (TPSA) is 59.1 Å². The number of aromatic nitrogens is 2. The Kier molecular flexibility index (Phi) is 5.17. The fourth-order valence-electron chi connectivity index (χ4n) is 2.30. The molecule has 0 saturated heterocycles. The molecule has 0 amide bonds. The van der Waals surface area contributed by atoms with Gasteiger partial charge in [0.25, 0.3) is 0 Å². The first-order valence-corrected chi connectivity index (χ1v) is 7.63. The van der Waals surface area contributed by atoms with Gasteiger partial charge in [0.1, 0.15) is 18.2 Å². The maximum absolute atomic E-state index is 5.42. The number of hydrogen-bond donors (Lipinski definition) is 2. The summed E-state index contributed by atoms with van der Waals surface area (Å²) in [6.07, 6.45) is 4.78. The molecule has 0 spiro atoms. The Balaban J connectivity index is 2.11. The standard InChI is InChI=1S/C15H26N4O/c1-4-9-16-12-10-13(19-15(3)7-6-8-15)18-14(17-12)11-20-5-2/h10H,4-9,11H2,1-3H3,(H2,16,17,18,19). The molecule has 0 radical (unpaired) electrons. The summed E-state index contributed by atoms with van der Waals surface area (Å²) in [6, 6.07) is 1.99. The first-order chi connectivity index (χ1) is 9.65. The van der Waals surface area contributed by atoms with E-state index in [9.17, 15) is 0 Å². The Hall–Kier alpha value is -1.36. The summed E-state index contributed by atoms with van der Waals surface area (Å²) < 4.78 is 5.42. The first kappa shape index (κ1) is 15.0. The van der Waals surface area contributed by atoms with E-state index in [1.165, 1.54) is 19.3 Å². The van der Waals surface area contributed by atoms with Crippen molar-refractivity contribution >= 4 is 11.6 Å². The van der Waals surface area contributed by atoms with E-state index in [0.717, 1.165) is 30.4 Å². The van der Waals surface area contributed by atoms with Crippen LogP contribution in [0.3, 0.4) is 0 Å². The third-order valence-electron chi connectivity index (χ3n) is 3.65. The minimum atomic E-state index is 0.194. The Morgan fingerprint density at radius 2 is 2.00 bits per heavy atom. The molecule has 1 heterocycles. The predicted molar refractivity (Wildman–Crippen MR) is 82.0 cm³/mol. The quantitative estimate of drug-likeness (QED) is 0.764. The molecule has 0 aliphatic heterocycles. The molecule has 1 aromatic rings. The molecule has 1 saturated carbocycles. The SMILES string of the molecule is CCCNc1cc(NC2(C)CCC2)nc(COCC)n1. The van der Waals surface area contributed by atoms with E-state index >= 15 is 0 Å². The van der Waals surface area contributed by atoms with Crippen LogP contribution < -0.4 is 10.6 Å². The Morgan fingerprint density at radius 3 is 2.60 bits per heavy atom. The van der Waals surface area contributed by atoms with Gasteiger partial charge in [0.2, 0.25) is 0 Å². The summed E-state index contributed by atoms with van der Waals surface area (Å²) >= 11 is 0. The van der Waals surface area contributed by atoms with Crippen molar-refractivity contribution in [3.8, 4) is 0 Å².